The number of thioether (sulfide) groups is 2. The highest BCUT2D eigenvalue weighted by molar-refractivity contribution is 8.07. The van der Waals surface area contributed by atoms with Gasteiger partial charge in [-0.15, -0.1) is 0 Å². The van der Waals surface area contributed by atoms with Crippen LogP contribution in [-0.4, -0.2) is 34.2 Å². The van der Waals surface area contributed by atoms with Crippen LogP contribution in [0.5, 0.6) is 0 Å². The minimum absolute atomic E-state index is 0.0971. The third kappa shape index (κ3) is 5.75. The Bertz CT molecular complexity index is 223. The van der Waals surface area contributed by atoms with Gasteiger partial charge in [0.15, 0.2) is 0 Å². The number of halogens is 3. The van der Waals surface area contributed by atoms with Crippen LogP contribution in [0.4, 0.5) is 13.2 Å². The van der Waals surface area contributed by atoms with Crippen molar-refractivity contribution in [3.63, 3.8) is 0 Å². The fraction of sp³-hybridized carbons (Fsp3) is 1.00. The Morgan fingerprint density at radius 3 is 2.53 bits per heavy atom. The summed E-state index contributed by atoms with van der Waals surface area (Å²) in [4.78, 5) is 0. The van der Waals surface area contributed by atoms with E-state index in [4.69, 9.17) is 5.73 Å². The molecule has 102 valence electrons. The number of rotatable bonds is 5. The number of hydrogen-bond donors (Lipinski definition) is 1. The van der Waals surface area contributed by atoms with E-state index in [9.17, 15) is 13.2 Å². The van der Waals surface area contributed by atoms with E-state index < -0.39 is 12.6 Å². The van der Waals surface area contributed by atoms with Gasteiger partial charge in [-0.3, -0.25) is 0 Å². The SMILES string of the molecule is CCC1SCCSC1C(N)CCCC(F)(F)F. The second-order valence-corrected chi connectivity index (χ2v) is 6.96. The molecule has 1 fully saturated rings. The van der Waals surface area contributed by atoms with E-state index in [0.29, 0.717) is 16.9 Å². The Hall–Kier alpha value is 0.450. The third-order valence-corrected chi connectivity index (χ3v) is 6.34. The molecule has 0 aromatic carbocycles. The van der Waals surface area contributed by atoms with Crippen molar-refractivity contribution in [2.24, 2.45) is 5.73 Å². The molecule has 1 aliphatic rings. The first-order chi connectivity index (χ1) is 7.94. The van der Waals surface area contributed by atoms with Crippen LogP contribution in [0.25, 0.3) is 0 Å². The molecule has 17 heavy (non-hydrogen) atoms. The highest BCUT2D eigenvalue weighted by Crippen LogP contribution is 2.36. The standard InChI is InChI=1S/C11H20F3NS2/c1-2-9-10(17-7-6-16-9)8(15)4-3-5-11(12,13)14/h8-10H,2-7,15H2,1H3. The molecule has 0 aromatic heterocycles. The largest absolute Gasteiger partial charge is 0.389 e. The molecule has 0 spiro atoms. The predicted octanol–water partition coefficient (Wildman–Crippen LogP) is 3.67. The van der Waals surface area contributed by atoms with Gasteiger partial charge in [-0.25, -0.2) is 0 Å². The van der Waals surface area contributed by atoms with Gasteiger partial charge in [0.1, 0.15) is 0 Å². The molecule has 1 saturated heterocycles. The Morgan fingerprint density at radius 2 is 1.94 bits per heavy atom. The van der Waals surface area contributed by atoms with Gasteiger partial charge in [-0.2, -0.15) is 36.7 Å². The highest BCUT2D eigenvalue weighted by Gasteiger charge is 2.31. The zero-order valence-corrected chi connectivity index (χ0v) is 11.6. The van der Waals surface area contributed by atoms with Crippen molar-refractivity contribution in [1.82, 2.24) is 0 Å². The summed E-state index contributed by atoms with van der Waals surface area (Å²) >= 11 is 3.75. The second-order valence-electron chi connectivity index (χ2n) is 4.32. The molecule has 1 rings (SSSR count). The zero-order chi connectivity index (χ0) is 12.9. The normalized spacial score (nSPS) is 28.1. The quantitative estimate of drug-likeness (QED) is 0.835. The van der Waals surface area contributed by atoms with Crippen molar-refractivity contribution in [3.05, 3.63) is 0 Å². The Labute approximate surface area is 109 Å². The smallest absolute Gasteiger partial charge is 0.327 e. The number of nitrogens with two attached hydrogens (primary N) is 1. The minimum Gasteiger partial charge on any atom is -0.327 e. The fourth-order valence-electron chi connectivity index (χ4n) is 2.04. The van der Waals surface area contributed by atoms with Gasteiger partial charge in [0, 0.05) is 34.5 Å². The molecular weight excluding hydrogens is 267 g/mol. The van der Waals surface area contributed by atoms with Crippen LogP contribution in [-0.2, 0) is 0 Å². The first-order valence-corrected chi connectivity index (χ1v) is 8.09. The van der Waals surface area contributed by atoms with Crippen molar-refractivity contribution >= 4 is 23.5 Å². The van der Waals surface area contributed by atoms with E-state index in [2.05, 4.69) is 6.92 Å². The van der Waals surface area contributed by atoms with Crippen LogP contribution in [0.3, 0.4) is 0 Å². The minimum atomic E-state index is -4.04. The van der Waals surface area contributed by atoms with Crippen molar-refractivity contribution in [2.45, 2.75) is 55.3 Å². The van der Waals surface area contributed by atoms with E-state index in [1.807, 2.05) is 23.5 Å². The highest BCUT2D eigenvalue weighted by atomic mass is 32.2. The number of alkyl halides is 3. The molecular formula is C11H20F3NS2. The summed E-state index contributed by atoms with van der Waals surface area (Å²) in [7, 11) is 0. The lowest BCUT2D eigenvalue weighted by atomic mass is 10.0. The molecule has 3 unspecified atom stereocenters. The Morgan fingerprint density at radius 1 is 1.29 bits per heavy atom. The van der Waals surface area contributed by atoms with Gasteiger partial charge in [-0.05, 0) is 19.3 Å². The average Bonchev–Trinajstić information content (AvgIpc) is 2.27. The van der Waals surface area contributed by atoms with Crippen LogP contribution < -0.4 is 5.73 Å². The molecule has 3 atom stereocenters. The first kappa shape index (κ1) is 15.5. The molecule has 0 aromatic rings. The summed E-state index contributed by atoms with van der Waals surface area (Å²) < 4.78 is 36.1. The molecule has 6 heteroatoms. The molecule has 0 amide bonds. The maximum absolute atomic E-state index is 12.0. The lowest BCUT2D eigenvalue weighted by molar-refractivity contribution is -0.135. The first-order valence-electron chi connectivity index (χ1n) is 5.99. The monoisotopic (exact) mass is 287 g/mol. The molecule has 0 bridgehead atoms. The topological polar surface area (TPSA) is 26.0 Å². The van der Waals surface area contributed by atoms with Crippen LogP contribution in [0, 0.1) is 0 Å². The summed E-state index contributed by atoms with van der Waals surface area (Å²) in [5.74, 6) is 2.20. The van der Waals surface area contributed by atoms with Gasteiger partial charge in [0.2, 0.25) is 0 Å². The maximum atomic E-state index is 12.0. The molecule has 2 N–H and O–H groups in total. The summed E-state index contributed by atoms with van der Waals surface area (Å²) in [5, 5.41) is 0.835. The molecule has 0 saturated carbocycles. The van der Waals surface area contributed by atoms with Crippen molar-refractivity contribution in [2.75, 3.05) is 11.5 Å². The van der Waals surface area contributed by atoms with Gasteiger partial charge in [0.05, 0.1) is 0 Å². The van der Waals surface area contributed by atoms with Crippen molar-refractivity contribution in [3.8, 4) is 0 Å². The molecule has 1 aliphatic heterocycles. The van der Waals surface area contributed by atoms with Gasteiger partial charge in [-0.1, -0.05) is 6.92 Å². The second kappa shape index (κ2) is 7.14. The summed E-state index contributed by atoms with van der Waals surface area (Å²) in [6.07, 6.45) is -3.06. The van der Waals surface area contributed by atoms with E-state index in [1.54, 1.807) is 0 Å². The molecule has 1 nitrogen and oxygen atoms in total. The van der Waals surface area contributed by atoms with E-state index >= 15 is 0 Å². The molecule has 0 aliphatic carbocycles. The van der Waals surface area contributed by atoms with E-state index in [1.165, 1.54) is 0 Å². The van der Waals surface area contributed by atoms with Crippen LogP contribution in [0.15, 0.2) is 0 Å². The Balaban J connectivity index is 2.32. The van der Waals surface area contributed by atoms with Crippen molar-refractivity contribution in [1.29, 1.82) is 0 Å². The van der Waals surface area contributed by atoms with E-state index in [0.717, 1.165) is 17.9 Å². The van der Waals surface area contributed by atoms with Crippen LogP contribution in [0.2, 0.25) is 0 Å². The summed E-state index contributed by atoms with van der Waals surface area (Å²) in [5.41, 5.74) is 6.04. The van der Waals surface area contributed by atoms with Gasteiger partial charge < -0.3 is 5.73 Å². The number of hydrogen-bond acceptors (Lipinski definition) is 3. The Kier molecular flexibility index (Phi) is 6.51. The lowest BCUT2D eigenvalue weighted by Gasteiger charge is -2.34. The zero-order valence-electron chi connectivity index (χ0n) is 10.0. The fourth-order valence-corrected chi connectivity index (χ4v) is 5.27. The van der Waals surface area contributed by atoms with E-state index in [-0.39, 0.29) is 12.5 Å². The predicted molar refractivity (Wildman–Crippen MR) is 70.7 cm³/mol. The van der Waals surface area contributed by atoms with Gasteiger partial charge in [0.25, 0.3) is 0 Å². The summed E-state index contributed by atoms with van der Waals surface area (Å²) in [6, 6.07) is -0.0971. The summed E-state index contributed by atoms with van der Waals surface area (Å²) in [6.45, 7) is 2.12. The lowest BCUT2D eigenvalue weighted by Crippen LogP contribution is -2.41. The van der Waals surface area contributed by atoms with Crippen molar-refractivity contribution < 1.29 is 13.2 Å². The third-order valence-electron chi connectivity index (χ3n) is 2.91. The van der Waals surface area contributed by atoms with Crippen LogP contribution >= 0.6 is 23.5 Å². The average molecular weight is 287 g/mol. The molecule has 1 heterocycles. The van der Waals surface area contributed by atoms with Crippen LogP contribution in [0.1, 0.15) is 32.6 Å². The maximum Gasteiger partial charge on any atom is 0.389 e. The van der Waals surface area contributed by atoms with Gasteiger partial charge >= 0.3 is 6.18 Å². The molecule has 0 radical (unpaired) electrons.